The van der Waals surface area contributed by atoms with E-state index in [9.17, 15) is 4.79 Å². The van der Waals surface area contributed by atoms with Crippen LogP contribution in [0.15, 0.2) is 16.6 Å². The molecule has 0 aromatic heterocycles. The molecule has 1 saturated carbocycles. The van der Waals surface area contributed by atoms with E-state index in [-0.39, 0.29) is 11.8 Å². The van der Waals surface area contributed by atoms with Gasteiger partial charge in [-0.1, -0.05) is 6.07 Å². The molecular weight excluding hydrogens is 284 g/mol. The van der Waals surface area contributed by atoms with E-state index in [1.165, 1.54) is 0 Å². The Morgan fingerprint density at radius 1 is 1.53 bits per heavy atom. The molecule has 2 rings (SSSR count). The molecule has 17 heavy (non-hydrogen) atoms. The maximum Gasteiger partial charge on any atom is 0.304 e. The molecular formula is C13H15BrO3. The number of halogens is 1. The van der Waals surface area contributed by atoms with E-state index < -0.39 is 5.97 Å². The molecule has 0 aliphatic heterocycles. The van der Waals surface area contributed by atoms with Gasteiger partial charge in [-0.15, -0.1) is 0 Å². The molecule has 1 N–H and O–H groups in total. The molecule has 0 heterocycles. The fraction of sp³-hybridized carbons (Fsp3) is 0.462. The predicted molar refractivity (Wildman–Crippen MR) is 68.6 cm³/mol. The summed E-state index contributed by atoms with van der Waals surface area (Å²) in [5, 5.41) is 9.01. The number of ether oxygens (including phenoxy) is 1. The van der Waals surface area contributed by atoms with E-state index in [0.29, 0.717) is 0 Å². The van der Waals surface area contributed by atoms with Crippen molar-refractivity contribution in [3.8, 4) is 5.75 Å². The van der Waals surface area contributed by atoms with Gasteiger partial charge in [0.1, 0.15) is 5.75 Å². The van der Waals surface area contributed by atoms with Crippen LogP contribution in [0.2, 0.25) is 0 Å². The van der Waals surface area contributed by atoms with Gasteiger partial charge in [-0.3, -0.25) is 4.79 Å². The molecule has 1 fully saturated rings. The van der Waals surface area contributed by atoms with Crippen molar-refractivity contribution in [2.24, 2.45) is 0 Å². The van der Waals surface area contributed by atoms with E-state index in [0.717, 1.165) is 34.2 Å². The summed E-state index contributed by atoms with van der Waals surface area (Å²) >= 11 is 3.54. The van der Waals surface area contributed by atoms with Crippen LogP contribution in [0.3, 0.4) is 0 Å². The first-order valence-corrected chi connectivity index (χ1v) is 6.35. The minimum absolute atomic E-state index is 0.191. The van der Waals surface area contributed by atoms with Gasteiger partial charge in [0.2, 0.25) is 0 Å². The van der Waals surface area contributed by atoms with E-state index in [2.05, 4.69) is 15.9 Å². The average Bonchev–Trinajstić information content (AvgIpc) is 2.97. The Morgan fingerprint density at radius 3 is 2.65 bits per heavy atom. The predicted octanol–water partition coefficient (Wildman–Crippen LogP) is 3.27. The first kappa shape index (κ1) is 12.4. The van der Waals surface area contributed by atoms with Crippen LogP contribution in [-0.4, -0.2) is 18.2 Å². The molecule has 1 aromatic carbocycles. The molecule has 0 bridgehead atoms. The number of carboxylic acids is 1. The molecule has 4 heteroatoms. The molecule has 0 amide bonds. The molecule has 1 aliphatic carbocycles. The fourth-order valence-electron chi connectivity index (χ4n) is 2.42. The zero-order chi connectivity index (χ0) is 12.6. The minimum Gasteiger partial charge on any atom is -0.496 e. The molecule has 92 valence electrons. The highest BCUT2D eigenvalue weighted by atomic mass is 79.9. The summed E-state index contributed by atoms with van der Waals surface area (Å²) in [6.45, 7) is 2.02. The third kappa shape index (κ3) is 2.18. The minimum atomic E-state index is -0.739. The maximum atomic E-state index is 11.0. The van der Waals surface area contributed by atoms with Crippen molar-refractivity contribution in [2.45, 2.75) is 31.6 Å². The van der Waals surface area contributed by atoms with Crippen molar-refractivity contribution in [2.75, 3.05) is 7.11 Å². The van der Waals surface area contributed by atoms with Crippen molar-refractivity contribution in [1.82, 2.24) is 0 Å². The van der Waals surface area contributed by atoms with E-state index in [1.807, 2.05) is 19.1 Å². The number of hydrogen-bond donors (Lipinski definition) is 1. The quantitative estimate of drug-likeness (QED) is 0.928. The summed E-state index contributed by atoms with van der Waals surface area (Å²) < 4.78 is 6.18. The second-order valence-corrected chi connectivity index (χ2v) is 5.42. The molecule has 0 spiro atoms. The van der Waals surface area contributed by atoms with Crippen LogP contribution in [0, 0.1) is 6.92 Å². The maximum absolute atomic E-state index is 11.0. The average molecular weight is 299 g/mol. The lowest BCUT2D eigenvalue weighted by Crippen LogP contribution is -2.15. The van der Waals surface area contributed by atoms with E-state index >= 15 is 0 Å². The summed E-state index contributed by atoms with van der Waals surface area (Å²) in [6, 6.07) is 3.89. The smallest absolute Gasteiger partial charge is 0.304 e. The van der Waals surface area contributed by atoms with Crippen molar-refractivity contribution < 1.29 is 14.6 Å². The van der Waals surface area contributed by atoms with Crippen LogP contribution in [0.5, 0.6) is 5.75 Å². The highest BCUT2D eigenvalue weighted by Gasteiger charge is 2.48. The normalized spacial score (nSPS) is 16.6. The van der Waals surface area contributed by atoms with Crippen molar-refractivity contribution >= 4 is 21.9 Å². The second kappa shape index (κ2) is 4.33. The Kier molecular flexibility index (Phi) is 3.17. The first-order valence-electron chi connectivity index (χ1n) is 5.55. The summed E-state index contributed by atoms with van der Waals surface area (Å²) in [4.78, 5) is 11.0. The van der Waals surface area contributed by atoms with Crippen LogP contribution in [0.25, 0.3) is 0 Å². The summed E-state index contributed by atoms with van der Waals surface area (Å²) in [6.07, 6.45) is 2.07. The Bertz CT molecular complexity index is 464. The summed E-state index contributed by atoms with van der Waals surface area (Å²) in [5.41, 5.74) is 2.03. The Balaban J connectivity index is 2.48. The van der Waals surface area contributed by atoms with Gasteiger partial charge in [-0.05, 0) is 52.9 Å². The highest BCUT2D eigenvalue weighted by Crippen LogP contribution is 2.55. The molecule has 0 radical (unpaired) electrons. The third-order valence-electron chi connectivity index (χ3n) is 3.41. The van der Waals surface area contributed by atoms with Crippen LogP contribution in [-0.2, 0) is 10.2 Å². The Labute approximate surface area is 109 Å². The molecule has 1 aromatic rings. The Morgan fingerprint density at radius 2 is 2.18 bits per heavy atom. The van der Waals surface area contributed by atoms with Crippen LogP contribution in [0.1, 0.15) is 30.4 Å². The largest absolute Gasteiger partial charge is 0.496 e. The topological polar surface area (TPSA) is 46.5 Å². The zero-order valence-electron chi connectivity index (χ0n) is 9.92. The fourth-order valence-corrected chi connectivity index (χ4v) is 3.45. The lowest BCUT2D eigenvalue weighted by atomic mass is 9.89. The zero-order valence-corrected chi connectivity index (χ0v) is 11.5. The van der Waals surface area contributed by atoms with Gasteiger partial charge < -0.3 is 9.84 Å². The van der Waals surface area contributed by atoms with Gasteiger partial charge in [0, 0.05) is 5.41 Å². The number of benzene rings is 1. The number of rotatable bonds is 4. The lowest BCUT2D eigenvalue weighted by Gasteiger charge is -2.19. The van der Waals surface area contributed by atoms with Crippen LogP contribution in [0.4, 0.5) is 0 Å². The van der Waals surface area contributed by atoms with E-state index in [1.54, 1.807) is 7.11 Å². The van der Waals surface area contributed by atoms with Crippen LogP contribution >= 0.6 is 15.9 Å². The van der Waals surface area contributed by atoms with Gasteiger partial charge in [-0.2, -0.15) is 0 Å². The van der Waals surface area contributed by atoms with Crippen molar-refractivity contribution in [3.63, 3.8) is 0 Å². The van der Waals surface area contributed by atoms with Crippen molar-refractivity contribution in [3.05, 3.63) is 27.7 Å². The molecule has 0 saturated heterocycles. The molecule has 1 aliphatic rings. The highest BCUT2D eigenvalue weighted by molar-refractivity contribution is 9.10. The SMILES string of the molecule is COc1ccc(C)c(C2(CC(=O)O)CC2)c1Br. The van der Waals surface area contributed by atoms with Gasteiger partial charge >= 0.3 is 5.97 Å². The molecule has 0 unspecified atom stereocenters. The number of hydrogen-bond acceptors (Lipinski definition) is 2. The van der Waals surface area contributed by atoms with Gasteiger partial charge in [-0.25, -0.2) is 0 Å². The molecule has 3 nitrogen and oxygen atoms in total. The summed E-state index contributed by atoms with van der Waals surface area (Å²) in [5.74, 6) is 0.0267. The standard InChI is InChI=1S/C13H15BrO3/c1-8-3-4-9(17-2)12(14)11(8)13(5-6-13)7-10(15)16/h3-4H,5-7H2,1-2H3,(H,15,16). The Hall–Kier alpha value is -1.03. The van der Waals surface area contributed by atoms with Gasteiger partial charge in [0.25, 0.3) is 0 Å². The molecule has 0 atom stereocenters. The third-order valence-corrected chi connectivity index (χ3v) is 4.20. The van der Waals surface area contributed by atoms with Gasteiger partial charge in [0.05, 0.1) is 18.0 Å². The lowest BCUT2D eigenvalue weighted by molar-refractivity contribution is -0.137. The number of carbonyl (C=O) groups is 1. The number of methoxy groups -OCH3 is 1. The number of aliphatic carboxylic acids is 1. The summed E-state index contributed by atoms with van der Waals surface area (Å²) in [7, 11) is 1.62. The van der Waals surface area contributed by atoms with Crippen LogP contribution < -0.4 is 4.74 Å². The number of aryl methyl sites for hydroxylation is 1. The second-order valence-electron chi connectivity index (χ2n) is 4.62. The first-order chi connectivity index (χ1) is 8.00. The van der Waals surface area contributed by atoms with Gasteiger partial charge in [0.15, 0.2) is 0 Å². The van der Waals surface area contributed by atoms with E-state index in [4.69, 9.17) is 9.84 Å². The number of carboxylic acid groups (broad SMARTS) is 1. The van der Waals surface area contributed by atoms with Crippen molar-refractivity contribution in [1.29, 1.82) is 0 Å². The monoisotopic (exact) mass is 298 g/mol.